The number of aromatic amines is 1. The summed E-state index contributed by atoms with van der Waals surface area (Å²) in [6.45, 7) is 1.93. The number of hydrogen-bond donors (Lipinski definition) is 2. The lowest BCUT2D eigenvalue weighted by molar-refractivity contribution is 0.443. The second kappa shape index (κ2) is 4.73. The minimum absolute atomic E-state index is 0.223. The van der Waals surface area contributed by atoms with Gasteiger partial charge in [-0.05, 0) is 6.42 Å². The lowest BCUT2D eigenvalue weighted by atomic mass is 10.2. The summed E-state index contributed by atoms with van der Waals surface area (Å²) in [5.41, 5.74) is 0.392. The fourth-order valence-electron chi connectivity index (χ4n) is 1.50. The SMILES string of the molecule is CCCc1c(O)nc(-c2cnccn2)[nH]c1=O. The largest absolute Gasteiger partial charge is 0.493 e. The van der Waals surface area contributed by atoms with E-state index in [1.165, 1.54) is 18.6 Å². The van der Waals surface area contributed by atoms with Crippen molar-refractivity contribution in [3.8, 4) is 17.4 Å². The molecule has 0 radical (unpaired) electrons. The van der Waals surface area contributed by atoms with Gasteiger partial charge in [0.2, 0.25) is 5.88 Å². The van der Waals surface area contributed by atoms with Gasteiger partial charge in [-0.1, -0.05) is 13.3 Å². The van der Waals surface area contributed by atoms with Gasteiger partial charge in [-0.25, -0.2) is 4.98 Å². The molecular weight excluding hydrogens is 220 g/mol. The number of rotatable bonds is 3. The maximum atomic E-state index is 11.7. The van der Waals surface area contributed by atoms with Crippen molar-refractivity contribution in [1.29, 1.82) is 0 Å². The summed E-state index contributed by atoms with van der Waals surface area (Å²) in [5, 5.41) is 9.69. The zero-order valence-electron chi connectivity index (χ0n) is 9.34. The van der Waals surface area contributed by atoms with Crippen LogP contribution in [0.3, 0.4) is 0 Å². The second-order valence-electron chi connectivity index (χ2n) is 3.56. The van der Waals surface area contributed by atoms with Crippen molar-refractivity contribution in [3.63, 3.8) is 0 Å². The molecule has 88 valence electrons. The minimum atomic E-state index is -0.333. The fraction of sp³-hybridized carbons (Fsp3) is 0.273. The van der Waals surface area contributed by atoms with Gasteiger partial charge < -0.3 is 10.1 Å². The van der Waals surface area contributed by atoms with E-state index in [2.05, 4.69) is 19.9 Å². The maximum Gasteiger partial charge on any atom is 0.258 e. The first-order valence-electron chi connectivity index (χ1n) is 5.31. The highest BCUT2D eigenvalue weighted by Gasteiger charge is 2.11. The number of hydrogen-bond acceptors (Lipinski definition) is 5. The van der Waals surface area contributed by atoms with Crippen LogP contribution in [0.4, 0.5) is 0 Å². The van der Waals surface area contributed by atoms with Crippen molar-refractivity contribution in [1.82, 2.24) is 19.9 Å². The van der Waals surface area contributed by atoms with Crippen LogP contribution in [0.2, 0.25) is 0 Å². The summed E-state index contributed by atoms with van der Waals surface area (Å²) in [7, 11) is 0. The van der Waals surface area contributed by atoms with Gasteiger partial charge in [0.15, 0.2) is 5.82 Å². The molecule has 17 heavy (non-hydrogen) atoms. The van der Waals surface area contributed by atoms with E-state index in [9.17, 15) is 9.90 Å². The average molecular weight is 232 g/mol. The van der Waals surface area contributed by atoms with E-state index in [0.29, 0.717) is 17.7 Å². The molecule has 0 aliphatic heterocycles. The Morgan fingerprint density at radius 1 is 1.41 bits per heavy atom. The van der Waals surface area contributed by atoms with Crippen molar-refractivity contribution in [3.05, 3.63) is 34.5 Å². The van der Waals surface area contributed by atoms with Gasteiger partial charge >= 0.3 is 0 Å². The first kappa shape index (κ1) is 11.3. The predicted molar refractivity (Wildman–Crippen MR) is 61.5 cm³/mol. The van der Waals surface area contributed by atoms with Crippen LogP contribution >= 0.6 is 0 Å². The molecule has 0 saturated heterocycles. The third-order valence-electron chi connectivity index (χ3n) is 2.30. The van der Waals surface area contributed by atoms with Crippen LogP contribution in [0.15, 0.2) is 23.4 Å². The Balaban J connectivity index is 2.50. The molecular formula is C11H12N4O2. The standard InChI is InChI=1S/C11H12N4O2/c1-2-3-7-10(16)14-9(15-11(7)17)8-6-12-4-5-13-8/h4-6H,2-3H2,1H3,(H2,14,15,16,17). The van der Waals surface area contributed by atoms with Crippen molar-refractivity contribution in [2.45, 2.75) is 19.8 Å². The number of aromatic hydroxyl groups is 1. The smallest absolute Gasteiger partial charge is 0.258 e. The zero-order chi connectivity index (χ0) is 12.3. The van der Waals surface area contributed by atoms with Crippen LogP contribution in [0.1, 0.15) is 18.9 Å². The molecule has 0 fully saturated rings. The van der Waals surface area contributed by atoms with Crippen LogP contribution in [-0.4, -0.2) is 25.0 Å². The van der Waals surface area contributed by atoms with E-state index in [-0.39, 0.29) is 17.3 Å². The number of nitrogens with one attached hydrogen (secondary N) is 1. The molecule has 2 heterocycles. The molecule has 6 nitrogen and oxygen atoms in total. The Morgan fingerprint density at radius 3 is 2.82 bits per heavy atom. The topological polar surface area (TPSA) is 91.8 Å². The first-order valence-corrected chi connectivity index (χ1v) is 5.31. The Kier molecular flexibility index (Phi) is 3.13. The maximum absolute atomic E-state index is 11.7. The second-order valence-corrected chi connectivity index (χ2v) is 3.56. The predicted octanol–water partition coefficient (Wildman–Crippen LogP) is 0.885. The van der Waals surface area contributed by atoms with Gasteiger partial charge in [-0.2, -0.15) is 4.98 Å². The van der Waals surface area contributed by atoms with Crippen LogP contribution in [0.25, 0.3) is 11.5 Å². The van der Waals surface area contributed by atoms with E-state index in [4.69, 9.17) is 0 Å². The molecule has 0 aliphatic carbocycles. The highest BCUT2D eigenvalue weighted by atomic mass is 16.3. The molecule has 2 aromatic rings. The monoisotopic (exact) mass is 232 g/mol. The molecule has 0 aromatic carbocycles. The lowest BCUT2D eigenvalue weighted by Crippen LogP contribution is -2.15. The molecule has 0 aliphatic rings. The summed E-state index contributed by atoms with van der Waals surface area (Å²) >= 11 is 0. The van der Waals surface area contributed by atoms with Gasteiger partial charge in [0, 0.05) is 12.4 Å². The molecule has 2 aromatic heterocycles. The van der Waals surface area contributed by atoms with Crippen LogP contribution in [0, 0.1) is 0 Å². The lowest BCUT2D eigenvalue weighted by Gasteiger charge is -2.03. The third kappa shape index (κ3) is 2.30. The number of aromatic nitrogens is 4. The molecule has 0 amide bonds. The van der Waals surface area contributed by atoms with Gasteiger partial charge in [-0.15, -0.1) is 0 Å². The zero-order valence-corrected chi connectivity index (χ0v) is 9.34. The molecule has 6 heteroatoms. The normalized spacial score (nSPS) is 10.4. The van der Waals surface area contributed by atoms with E-state index in [0.717, 1.165) is 6.42 Å². The van der Waals surface area contributed by atoms with E-state index in [1.54, 1.807) is 0 Å². The Labute approximate surface area is 97.4 Å². The van der Waals surface area contributed by atoms with Crippen LogP contribution < -0.4 is 5.56 Å². The highest BCUT2D eigenvalue weighted by molar-refractivity contribution is 5.48. The summed E-state index contributed by atoms with van der Waals surface area (Å²) < 4.78 is 0. The quantitative estimate of drug-likeness (QED) is 0.819. The molecule has 0 unspecified atom stereocenters. The minimum Gasteiger partial charge on any atom is -0.493 e. The molecule has 0 bridgehead atoms. The summed E-state index contributed by atoms with van der Waals surface area (Å²) in [6.07, 6.45) is 5.74. The van der Waals surface area contributed by atoms with Gasteiger partial charge in [0.1, 0.15) is 5.69 Å². The summed E-state index contributed by atoms with van der Waals surface area (Å²) in [5.74, 6) is -0.0169. The average Bonchev–Trinajstić information content (AvgIpc) is 2.35. The van der Waals surface area contributed by atoms with E-state index in [1.807, 2.05) is 6.92 Å². The van der Waals surface area contributed by atoms with E-state index >= 15 is 0 Å². The Hall–Kier alpha value is -2.24. The molecule has 0 saturated carbocycles. The van der Waals surface area contributed by atoms with Crippen molar-refractivity contribution < 1.29 is 5.11 Å². The van der Waals surface area contributed by atoms with E-state index < -0.39 is 0 Å². The molecule has 0 spiro atoms. The molecule has 0 atom stereocenters. The molecule has 2 N–H and O–H groups in total. The van der Waals surface area contributed by atoms with Crippen LogP contribution in [-0.2, 0) is 6.42 Å². The summed E-state index contributed by atoms with van der Waals surface area (Å²) in [4.78, 5) is 26.1. The van der Waals surface area contributed by atoms with Crippen molar-refractivity contribution >= 4 is 0 Å². The van der Waals surface area contributed by atoms with Crippen LogP contribution in [0.5, 0.6) is 5.88 Å². The van der Waals surface area contributed by atoms with Gasteiger partial charge in [0.05, 0.1) is 11.8 Å². The Morgan fingerprint density at radius 2 is 2.24 bits per heavy atom. The fourth-order valence-corrected chi connectivity index (χ4v) is 1.50. The third-order valence-corrected chi connectivity index (χ3v) is 2.30. The highest BCUT2D eigenvalue weighted by Crippen LogP contribution is 2.15. The van der Waals surface area contributed by atoms with Crippen molar-refractivity contribution in [2.24, 2.45) is 0 Å². The number of H-pyrrole nitrogens is 1. The summed E-state index contributed by atoms with van der Waals surface area (Å²) in [6, 6.07) is 0. The number of nitrogens with zero attached hydrogens (tertiary/aromatic N) is 3. The Bertz CT molecular complexity index is 565. The van der Waals surface area contributed by atoms with Gasteiger partial charge in [0.25, 0.3) is 5.56 Å². The first-order chi connectivity index (χ1) is 8.22. The van der Waals surface area contributed by atoms with Crippen molar-refractivity contribution in [2.75, 3.05) is 0 Å². The molecule has 2 rings (SSSR count). The van der Waals surface area contributed by atoms with Gasteiger partial charge in [-0.3, -0.25) is 9.78 Å².